The third-order valence-corrected chi connectivity index (χ3v) is 4.82. The second-order valence-electron chi connectivity index (χ2n) is 6.77. The first-order chi connectivity index (χ1) is 13.7. The molecule has 1 aromatic carbocycles. The fourth-order valence-corrected chi connectivity index (χ4v) is 3.37. The molecule has 8 nitrogen and oxygen atoms in total. The lowest BCUT2D eigenvalue weighted by atomic mass is 9.96. The topological polar surface area (TPSA) is 102 Å². The van der Waals surface area contributed by atoms with Gasteiger partial charge in [-0.3, -0.25) is 4.79 Å². The molecular weight excluding hydrogens is 360 g/mol. The molecule has 146 valence electrons. The number of benzene rings is 1. The van der Waals surface area contributed by atoms with Crippen LogP contribution >= 0.6 is 0 Å². The summed E-state index contributed by atoms with van der Waals surface area (Å²) in [5.41, 5.74) is 1.63. The van der Waals surface area contributed by atoms with Gasteiger partial charge in [-0.2, -0.15) is 4.98 Å². The van der Waals surface area contributed by atoms with E-state index in [0.717, 1.165) is 37.2 Å². The van der Waals surface area contributed by atoms with Gasteiger partial charge in [0.15, 0.2) is 11.6 Å². The van der Waals surface area contributed by atoms with Crippen LogP contribution in [0.4, 0.5) is 0 Å². The van der Waals surface area contributed by atoms with Crippen LogP contribution in [0.5, 0.6) is 5.75 Å². The Balaban J connectivity index is 1.41. The van der Waals surface area contributed by atoms with E-state index in [1.54, 1.807) is 25.3 Å². The number of methoxy groups -OCH3 is 1. The number of amides is 1. The molecule has 1 fully saturated rings. The minimum Gasteiger partial charge on any atom is -0.496 e. The van der Waals surface area contributed by atoms with Crippen molar-refractivity contribution in [2.45, 2.75) is 19.4 Å². The summed E-state index contributed by atoms with van der Waals surface area (Å²) >= 11 is 0. The lowest BCUT2D eigenvalue weighted by molar-refractivity contribution is 0.0949. The van der Waals surface area contributed by atoms with Crippen molar-refractivity contribution >= 4 is 5.91 Å². The zero-order valence-corrected chi connectivity index (χ0v) is 15.6. The van der Waals surface area contributed by atoms with Crippen molar-refractivity contribution in [3.8, 4) is 17.4 Å². The van der Waals surface area contributed by atoms with Crippen LogP contribution in [-0.2, 0) is 13.0 Å². The number of rotatable bonds is 7. The van der Waals surface area contributed by atoms with Crippen molar-refractivity contribution in [2.75, 3.05) is 20.2 Å². The molecule has 0 saturated carbocycles. The van der Waals surface area contributed by atoms with Gasteiger partial charge in [0.2, 0.25) is 0 Å². The second-order valence-corrected chi connectivity index (χ2v) is 6.77. The molecule has 0 bridgehead atoms. The molecule has 1 atom stereocenters. The molecule has 2 N–H and O–H groups in total. The fraction of sp³-hybridized carbons (Fsp3) is 0.350. The Labute approximate surface area is 162 Å². The maximum absolute atomic E-state index is 12.6. The number of aromatic nitrogens is 2. The van der Waals surface area contributed by atoms with E-state index in [2.05, 4.69) is 20.8 Å². The van der Waals surface area contributed by atoms with Crippen molar-refractivity contribution in [1.82, 2.24) is 20.8 Å². The molecule has 28 heavy (non-hydrogen) atoms. The van der Waals surface area contributed by atoms with Gasteiger partial charge in [0.1, 0.15) is 5.75 Å². The summed E-state index contributed by atoms with van der Waals surface area (Å²) in [6.45, 7) is 2.20. The second kappa shape index (κ2) is 8.26. The molecule has 1 aliphatic rings. The van der Waals surface area contributed by atoms with Crippen molar-refractivity contribution in [3.05, 3.63) is 53.5 Å². The zero-order valence-electron chi connectivity index (χ0n) is 15.6. The summed E-state index contributed by atoms with van der Waals surface area (Å²) in [5.74, 6) is 2.33. The van der Waals surface area contributed by atoms with Gasteiger partial charge in [-0.25, -0.2) is 0 Å². The minimum absolute atomic E-state index is 0.164. The zero-order chi connectivity index (χ0) is 19.3. The average molecular weight is 382 g/mol. The summed E-state index contributed by atoms with van der Waals surface area (Å²) in [7, 11) is 1.65. The third kappa shape index (κ3) is 4.07. The van der Waals surface area contributed by atoms with Crippen molar-refractivity contribution in [3.63, 3.8) is 0 Å². The third-order valence-electron chi connectivity index (χ3n) is 4.82. The quantitative estimate of drug-likeness (QED) is 0.647. The molecule has 3 aromatic rings. The molecule has 0 radical (unpaired) electrons. The van der Waals surface area contributed by atoms with Crippen LogP contribution in [0.25, 0.3) is 11.7 Å². The van der Waals surface area contributed by atoms with E-state index < -0.39 is 0 Å². The van der Waals surface area contributed by atoms with E-state index in [0.29, 0.717) is 23.1 Å². The van der Waals surface area contributed by atoms with Gasteiger partial charge in [-0.05, 0) is 67.7 Å². The van der Waals surface area contributed by atoms with E-state index in [-0.39, 0.29) is 18.3 Å². The van der Waals surface area contributed by atoms with Crippen molar-refractivity contribution in [1.29, 1.82) is 0 Å². The summed E-state index contributed by atoms with van der Waals surface area (Å²) in [4.78, 5) is 16.8. The van der Waals surface area contributed by atoms with E-state index >= 15 is 0 Å². The van der Waals surface area contributed by atoms with Gasteiger partial charge in [-0.1, -0.05) is 5.16 Å². The summed E-state index contributed by atoms with van der Waals surface area (Å²) in [5, 5.41) is 10.1. The molecule has 4 rings (SSSR count). The molecule has 2 aromatic heterocycles. The first-order valence-electron chi connectivity index (χ1n) is 9.25. The van der Waals surface area contributed by atoms with Crippen LogP contribution in [0.2, 0.25) is 0 Å². The first-order valence-corrected chi connectivity index (χ1v) is 9.25. The largest absolute Gasteiger partial charge is 0.496 e. The smallest absolute Gasteiger partial charge is 0.293 e. The first kappa shape index (κ1) is 18.2. The molecule has 1 aliphatic heterocycles. The van der Waals surface area contributed by atoms with E-state index in [1.165, 1.54) is 6.26 Å². The molecule has 1 unspecified atom stereocenters. The van der Waals surface area contributed by atoms with Crippen molar-refractivity contribution < 1.29 is 18.5 Å². The minimum atomic E-state index is -0.196. The highest BCUT2D eigenvalue weighted by molar-refractivity contribution is 5.94. The Morgan fingerprint density at radius 2 is 2.32 bits per heavy atom. The Kier molecular flexibility index (Phi) is 5.38. The van der Waals surface area contributed by atoms with E-state index in [9.17, 15) is 4.79 Å². The number of furan rings is 1. The lowest BCUT2D eigenvalue weighted by Crippen LogP contribution is -2.23. The standard InChI is InChI=1S/C20H22N4O4/c1-26-16-5-4-14(10-15(16)9-13-6-7-21-11-13)19(25)22-12-18-23-20(28-24-18)17-3-2-8-27-17/h2-5,8,10,13,21H,6-7,9,11-12H2,1H3,(H,22,25). The summed E-state index contributed by atoms with van der Waals surface area (Å²) < 4.78 is 15.8. The Bertz CT molecular complexity index is 930. The van der Waals surface area contributed by atoms with Crippen LogP contribution in [0.15, 0.2) is 45.5 Å². The predicted octanol–water partition coefficient (Wildman–Crippen LogP) is 2.42. The van der Waals surface area contributed by atoms with Gasteiger partial charge >= 0.3 is 0 Å². The van der Waals surface area contributed by atoms with Gasteiger partial charge in [0, 0.05) is 5.56 Å². The molecule has 0 aliphatic carbocycles. The predicted molar refractivity (Wildman–Crippen MR) is 101 cm³/mol. The highest BCUT2D eigenvalue weighted by atomic mass is 16.5. The Hall–Kier alpha value is -3.13. The molecule has 8 heteroatoms. The molecule has 1 amide bonds. The van der Waals surface area contributed by atoms with E-state index in [1.807, 2.05) is 12.1 Å². The average Bonchev–Trinajstić information content (AvgIpc) is 3.48. The lowest BCUT2D eigenvalue weighted by Gasteiger charge is -2.14. The highest BCUT2D eigenvalue weighted by Crippen LogP contribution is 2.25. The number of ether oxygens (including phenoxy) is 1. The van der Waals surface area contributed by atoms with Crippen LogP contribution in [0, 0.1) is 5.92 Å². The number of hydrogen-bond acceptors (Lipinski definition) is 7. The SMILES string of the molecule is COc1ccc(C(=O)NCc2noc(-c3ccco3)n2)cc1CC1CCNC1. The monoisotopic (exact) mass is 382 g/mol. The van der Waals surface area contributed by atoms with Crippen LogP contribution in [0.1, 0.15) is 28.2 Å². The number of nitrogens with one attached hydrogen (secondary N) is 2. The van der Waals surface area contributed by atoms with Crippen molar-refractivity contribution in [2.24, 2.45) is 5.92 Å². The van der Waals surface area contributed by atoms with E-state index in [4.69, 9.17) is 13.7 Å². The number of hydrogen-bond donors (Lipinski definition) is 2. The summed E-state index contributed by atoms with van der Waals surface area (Å²) in [6.07, 6.45) is 3.55. The number of carbonyl (C=O) groups is 1. The fourth-order valence-electron chi connectivity index (χ4n) is 3.37. The number of carbonyl (C=O) groups excluding carboxylic acids is 1. The maximum atomic E-state index is 12.6. The van der Waals surface area contributed by atoms with Gasteiger partial charge < -0.3 is 24.3 Å². The number of nitrogens with zero attached hydrogens (tertiary/aromatic N) is 2. The Morgan fingerprint density at radius 1 is 1.39 bits per heavy atom. The van der Waals surface area contributed by atoms with Gasteiger partial charge in [0.05, 0.1) is 19.9 Å². The molecule has 1 saturated heterocycles. The van der Waals surface area contributed by atoms with Crippen LogP contribution < -0.4 is 15.4 Å². The molecule has 3 heterocycles. The van der Waals surface area contributed by atoms with Gasteiger partial charge in [0.25, 0.3) is 11.8 Å². The maximum Gasteiger partial charge on any atom is 0.293 e. The normalized spacial score (nSPS) is 16.2. The van der Waals surface area contributed by atoms with Gasteiger partial charge in [-0.15, -0.1) is 0 Å². The molecular formula is C20H22N4O4. The highest BCUT2D eigenvalue weighted by Gasteiger charge is 2.19. The molecule has 0 spiro atoms. The van der Waals surface area contributed by atoms with Crippen LogP contribution in [0.3, 0.4) is 0 Å². The Morgan fingerprint density at radius 3 is 3.07 bits per heavy atom. The van der Waals surface area contributed by atoms with Crippen LogP contribution in [-0.4, -0.2) is 36.2 Å². The summed E-state index contributed by atoms with van der Waals surface area (Å²) in [6, 6.07) is 8.97.